The number of thiophene rings is 1. The number of sulfonamides is 1. The van der Waals surface area contributed by atoms with Gasteiger partial charge in [0.1, 0.15) is 4.21 Å². The lowest BCUT2D eigenvalue weighted by Gasteiger charge is -2.15. The van der Waals surface area contributed by atoms with Gasteiger partial charge in [0.25, 0.3) is 10.0 Å². The zero-order valence-corrected chi connectivity index (χ0v) is 14.1. The maximum Gasteiger partial charge on any atom is 0.252 e. The standard InChI is InChI=1S/C14H24N2O2S2/c1-4-5-12-6-7-16(10-12)20(17,18)14-8-11(2)13(19-14)9-15-3/h8,12,15H,4-7,9-10H2,1-3H3. The Labute approximate surface area is 126 Å². The molecule has 0 bridgehead atoms. The normalized spacial score (nSPS) is 20.6. The summed E-state index contributed by atoms with van der Waals surface area (Å²) in [5.74, 6) is 0.535. The van der Waals surface area contributed by atoms with Crippen molar-refractivity contribution in [1.82, 2.24) is 9.62 Å². The summed E-state index contributed by atoms with van der Waals surface area (Å²) >= 11 is 1.40. The van der Waals surface area contributed by atoms with Crippen LogP contribution in [-0.2, 0) is 16.6 Å². The molecule has 1 saturated heterocycles. The van der Waals surface area contributed by atoms with Crippen LogP contribution >= 0.6 is 11.3 Å². The number of hydrogen-bond acceptors (Lipinski definition) is 4. The zero-order valence-electron chi connectivity index (χ0n) is 12.5. The molecule has 4 nitrogen and oxygen atoms in total. The van der Waals surface area contributed by atoms with Crippen molar-refractivity contribution in [2.45, 2.75) is 43.9 Å². The van der Waals surface area contributed by atoms with Crippen LogP contribution < -0.4 is 5.32 Å². The van der Waals surface area contributed by atoms with Gasteiger partial charge in [-0.2, -0.15) is 4.31 Å². The minimum absolute atomic E-state index is 0.498. The molecule has 20 heavy (non-hydrogen) atoms. The van der Waals surface area contributed by atoms with Crippen LogP contribution in [0, 0.1) is 12.8 Å². The van der Waals surface area contributed by atoms with Gasteiger partial charge in [0.15, 0.2) is 0 Å². The Morgan fingerprint density at radius 3 is 2.90 bits per heavy atom. The van der Waals surface area contributed by atoms with Crippen molar-refractivity contribution in [3.8, 4) is 0 Å². The Balaban J connectivity index is 2.16. The highest BCUT2D eigenvalue weighted by molar-refractivity contribution is 7.91. The molecule has 1 atom stereocenters. The Morgan fingerprint density at radius 1 is 1.50 bits per heavy atom. The molecule has 0 saturated carbocycles. The van der Waals surface area contributed by atoms with Crippen molar-refractivity contribution in [3.05, 3.63) is 16.5 Å². The number of nitrogens with zero attached hydrogens (tertiary/aromatic N) is 1. The molecular formula is C14H24N2O2S2. The van der Waals surface area contributed by atoms with E-state index >= 15 is 0 Å². The molecule has 0 amide bonds. The summed E-state index contributed by atoms with van der Waals surface area (Å²) in [5.41, 5.74) is 1.06. The SMILES string of the molecule is CCCC1CCN(S(=O)(=O)c2cc(C)c(CNC)s2)C1. The average Bonchev–Trinajstić information content (AvgIpc) is 2.99. The van der Waals surface area contributed by atoms with Crippen LogP contribution in [0.3, 0.4) is 0 Å². The largest absolute Gasteiger partial charge is 0.315 e. The average molecular weight is 316 g/mol. The molecule has 0 aliphatic carbocycles. The minimum atomic E-state index is -3.29. The molecule has 0 radical (unpaired) electrons. The number of nitrogens with one attached hydrogen (secondary N) is 1. The Kier molecular flexibility index (Phi) is 5.23. The molecule has 0 aromatic carbocycles. The molecular weight excluding hydrogens is 292 g/mol. The fourth-order valence-electron chi connectivity index (χ4n) is 2.74. The van der Waals surface area contributed by atoms with E-state index in [0.717, 1.165) is 36.2 Å². The van der Waals surface area contributed by atoms with Crippen LogP contribution in [0.2, 0.25) is 0 Å². The Hall–Kier alpha value is -0.430. The van der Waals surface area contributed by atoms with E-state index < -0.39 is 10.0 Å². The molecule has 1 aliphatic rings. The third kappa shape index (κ3) is 3.24. The lowest BCUT2D eigenvalue weighted by Crippen LogP contribution is -2.28. The molecule has 1 aromatic rings. The highest BCUT2D eigenvalue weighted by Gasteiger charge is 2.33. The van der Waals surface area contributed by atoms with E-state index in [-0.39, 0.29) is 0 Å². The second-order valence-electron chi connectivity index (χ2n) is 5.51. The Bertz CT molecular complexity index is 552. The van der Waals surface area contributed by atoms with Crippen LogP contribution in [0.15, 0.2) is 10.3 Å². The van der Waals surface area contributed by atoms with E-state index in [1.54, 1.807) is 4.31 Å². The van der Waals surface area contributed by atoms with Gasteiger partial charge < -0.3 is 5.32 Å². The first-order valence-electron chi connectivity index (χ1n) is 7.23. The molecule has 6 heteroatoms. The predicted octanol–water partition coefficient (Wildman–Crippen LogP) is 2.59. The number of hydrogen-bond donors (Lipinski definition) is 1. The molecule has 1 aromatic heterocycles. The van der Waals surface area contributed by atoms with Gasteiger partial charge in [-0.05, 0) is 44.4 Å². The fraction of sp³-hybridized carbons (Fsp3) is 0.714. The maximum absolute atomic E-state index is 12.7. The summed E-state index contributed by atoms with van der Waals surface area (Å²) in [7, 11) is -1.41. The summed E-state index contributed by atoms with van der Waals surface area (Å²) in [5, 5.41) is 3.08. The monoisotopic (exact) mass is 316 g/mol. The highest BCUT2D eigenvalue weighted by Crippen LogP contribution is 2.32. The topological polar surface area (TPSA) is 49.4 Å². The Morgan fingerprint density at radius 2 is 2.25 bits per heavy atom. The first-order chi connectivity index (χ1) is 9.48. The number of rotatable bonds is 6. The summed E-state index contributed by atoms with van der Waals surface area (Å²) in [6.07, 6.45) is 3.25. The van der Waals surface area contributed by atoms with Gasteiger partial charge in [0, 0.05) is 24.5 Å². The lowest BCUT2D eigenvalue weighted by atomic mass is 10.0. The van der Waals surface area contributed by atoms with Gasteiger partial charge in [0.05, 0.1) is 0 Å². The van der Waals surface area contributed by atoms with Crippen molar-refractivity contribution in [3.63, 3.8) is 0 Å². The fourth-order valence-corrected chi connectivity index (χ4v) is 6.03. The van der Waals surface area contributed by atoms with Gasteiger partial charge in [-0.15, -0.1) is 11.3 Å². The second kappa shape index (κ2) is 6.56. The first kappa shape index (κ1) is 15.9. The van der Waals surface area contributed by atoms with Crippen LogP contribution in [0.25, 0.3) is 0 Å². The van der Waals surface area contributed by atoms with Gasteiger partial charge in [-0.1, -0.05) is 13.3 Å². The third-order valence-electron chi connectivity index (χ3n) is 3.87. The van der Waals surface area contributed by atoms with Gasteiger partial charge in [0.2, 0.25) is 0 Å². The second-order valence-corrected chi connectivity index (χ2v) is 8.81. The van der Waals surface area contributed by atoms with E-state index in [1.165, 1.54) is 11.3 Å². The van der Waals surface area contributed by atoms with E-state index in [9.17, 15) is 8.42 Å². The molecule has 2 rings (SSSR count). The molecule has 2 heterocycles. The van der Waals surface area contributed by atoms with Crippen molar-refractivity contribution in [2.24, 2.45) is 5.92 Å². The van der Waals surface area contributed by atoms with Crippen molar-refractivity contribution < 1.29 is 8.42 Å². The van der Waals surface area contributed by atoms with Crippen molar-refractivity contribution in [1.29, 1.82) is 0 Å². The van der Waals surface area contributed by atoms with Crippen LogP contribution in [0.5, 0.6) is 0 Å². The highest BCUT2D eigenvalue weighted by atomic mass is 32.2. The molecule has 1 fully saturated rings. The molecule has 1 aliphatic heterocycles. The quantitative estimate of drug-likeness (QED) is 0.877. The third-order valence-corrected chi connectivity index (χ3v) is 7.43. The van der Waals surface area contributed by atoms with E-state index in [4.69, 9.17) is 0 Å². The lowest BCUT2D eigenvalue weighted by molar-refractivity contribution is 0.446. The van der Waals surface area contributed by atoms with E-state index in [1.807, 2.05) is 20.0 Å². The first-order valence-corrected chi connectivity index (χ1v) is 9.48. The summed E-state index contributed by atoms with van der Waals surface area (Å²) in [6.45, 7) is 6.22. The smallest absolute Gasteiger partial charge is 0.252 e. The van der Waals surface area contributed by atoms with Crippen LogP contribution in [-0.4, -0.2) is 32.9 Å². The van der Waals surface area contributed by atoms with Gasteiger partial charge >= 0.3 is 0 Å². The number of aryl methyl sites for hydroxylation is 1. The van der Waals surface area contributed by atoms with Gasteiger partial charge in [-0.25, -0.2) is 8.42 Å². The summed E-state index contributed by atoms with van der Waals surface area (Å²) < 4.78 is 27.5. The summed E-state index contributed by atoms with van der Waals surface area (Å²) in [4.78, 5) is 1.11. The zero-order chi connectivity index (χ0) is 14.8. The van der Waals surface area contributed by atoms with Crippen molar-refractivity contribution in [2.75, 3.05) is 20.1 Å². The molecule has 1 unspecified atom stereocenters. The van der Waals surface area contributed by atoms with E-state index in [2.05, 4.69) is 12.2 Å². The molecule has 0 spiro atoms. The van der Waals surface area contributed by atoms with Gasteiger partial charge in [-0.3, -0.25) is 0 Å². The molecule has 114 valence electrons. The minimum Gasteiger partial charge on any atom is -0.315 e. The van der Waals surface area contributed by atoms with E-state index in [0.29, 0.717) is 23.2 Å². The van der Waals surface area contributed by atoms with Crippen LogP contribution in [0.4, 0.5) is 0 Å². The predicted molar refractivity (Wildman–Crippen MR) is 83.6 cm³/mol. The summed E-state index contributed by atoms with van der Waals surface area (Å²) in [6, 6.07) is 1.82. The van der Waals surface area contributed by atoms with Crippen molar-refractivity contribution >= 4 is 21.4 Å². The maximum atomic E-state index is 12.7. The molecule has 1 N–H and O–H groups in total. The van der Waals surface area contributed by atoms with Crippen LogP contribution in [0.1, 0.15) is 36.6 Å².